The number of hydrogen-bond donors (Lipinski definition) is 2. The first-order valence-electron chi connectivity index (χ1n) is 5.60. The minimum atomic E-state index is -0.240. The number of nitrogens with two attached hydrogens (primary N) is 1. The fraction of sp³-hybridized carbons (Fsp3) is 0.143. The highest BCUT2D eigenvalue weighted by Gasteiger charge is 2.15. The lowest BCUT2D eigenvalue weighted by molar-refractivity contribution is 0.598. The van der Waals surface area contributed by atoms with Gasteiger partial charge < -0.3 is 0 Å². The summed E-state index contributed by atoms with van der Waals surface area (Å²) < 4.78 is 14.6. The Kier molecular flexibility index (Phi) is 4.11. The average molecular weight is 309 g/mol. The quantitative estimate of drug-likeness (QED) is 0.673. The molecule has 0 aliphatic rings. The van der Waals surface area contributed by atoms with Gasteiger partial charge in [0.2, 0.25) is 0 Å². The van der Waals surface area contributed by atoms with Crippen LogP contribution in [0.1, 0.15) is 22.7 Å². The maximum absolute atomic E-state index is 13.6. The molecule has 0 spiro atoms. The Morgan fingerprint density at radius 1 is 1.22 bits per heavy atom. The van der Waals surface area contributed by atoms with Crippen LogP contribution in [0.2, 0.25) is 0 Å². The average Bonchev–Trinajstić information content (AvgIpc) is 2.37. The molecule has 0 aliphatic heterocycles. The van der Waals surface area contributed by atoms with E-state index in [0.29, 0.717) is 5.56 Å². The monoisotopic (exact) mass is 308 g/mol. The smallest absolute Gasteiger partial charge is 0.126 e. The van der Waals surface area contributed by atoms with Gasteiger partial charge >= 0.3 is 0 Å². The fourth-order valence-electron chi connectivity index (χ4n) is 1.86. The molecule has 94 valence electrons. The van der Waals surface area contributed by atoms with Crippen LogP contribution in [0.4, 0.5) is 4.39 Å². The van der Waals surface area contributed by atoms with Crippen LogP contribution in [-0.2, 0) is 0 Å². The minimum absolute atomic E-state index is 0.222. The molecule has 0 saturated heterocycles. The van der Waals surface area contributed by atoms with E-state index in [1.165, 1.54) is 6.07 Å². The van der Waals surface area contributed by atoms with Gasteiger partial charge in [-0.2, -0.15) is 0 Å². The summed E-state index contributed by atoms with van der Waals surface area (Å²) in [5, 5.41) is 0. The van der Waals surface area contributed by atoms with Crippen molar-refractivity contribution in [3.05, 3.63) is 69.4 Å². The molecule has 1 atom stereocenters. The van der Waals surface area contributed by atoms with Gasteiger partial charge in [0.05, 0.1) is 6.04 Å². The summed E-state index contributed by atoms with van der Waals surface area (Å²) in [6.07, 6.45) is 0. The molecule has 0 aromatic heterocycles. The summed E-state index contributed by atoms with van der Waals surface area (Å²) in [4.78, 5) is 0. The van der Waals surface area contributed by atoms with Gasteiger partial charge in [-0.15, -0.1) is 0 Å². The van der Waals surface area contributed by atoms with E-state index in [9.17, 15) is 4.39 Å². The summed E-state index contributed by atoms with van der Waals surface area (Å²) >= 11 is 3.48. The molecule has 0 aliphatic carbocycles. The molecule has 1 unspecified atom stereocenters. The molecule has 2 aromatic carbocycles. The van der Waals surface area contributed by atoms with Crippen LogP contribution in [0.3, 0.4) is 0 Å². The lowest BCUT2D eigenvalue weighted by atomic mass is 9.98. The summed E-state index contributed by atoms with van der Waals surface area (Å²) in [5.41, 5.74) is 5.13. The zero-order valence-corrected chi connectivity index (χ0v) is 11.5. The number of rotatable bonds is 3. The van der Waals surface area contributed by atoms with Gasteiger partial charge in [-0.1, -0.05) is 46.3 Å². The van der Waals surface area contributed by atoms with Gasteiger partial charge in [0, 0.05) is 4.47 Å². The predicted octanol–water partition coefficient (Wildman–Crippen LogP) is 3.45. The summed E-state index contributed by atoms with van der Waals surface area (Å²) in [6, 6.07) is 12.6. The highest BCUT2D eigenvalue weighted by atomic mass is 79.9. The molecular weight excluding hydrogens is 295 g/mol. The number of nitrogens with one attached hydrogen (secondary N) is 1. The molecule has 0 fully saturated rings. The minimum Gasteiger partial charge on any atom is -0.271 e. The zero-order chi connectivity index (χ0) is 13.1. The normalized spacial score (nSPS) is 12.4. The van der Waals surface area contributed by atoms with Gasteiger partial charge in [-0.3, -0.25) is 5.84 Å². The highest BCUT2D eigenvalue weighted by Crippen LogP contribution is 2.28. The van der Waals surface area contributed by atoms with Crippen LogP contribution >= 0.6 is 15.9 Å². The second-order valence-corrected chi connectivity index (χ2v) is 4.98. The molecule has 0 radical (unpaired) electrons. The SMILES string of the molecule is Cc1ccc(C(NN)c2ccccc2Br)cc1F. The van der Waals surface area contributed by atoms with Crippen LogP contribution in [0.25, 0.3) is 0 Å². The van der Waals surface area contributed by atoms with E-state index in [-0.39, 0.29) is 11.9 Å². The van der Waals surface area contributed by atoms with Crippen LogP contribution in [0.5, 0.6) is 0 Å². The molecule has 3 N–H and O–H groups in total. The summed E-state index contributed by atoms with van der Waals surface area (Å²) in [6.45, 7) is 1.74. The Bertz CT molecular complexity index is 557. The molecule has 0 heterocycles. The number of hydrazine groups is 1. The van der Waals surface area contributed by atoms with Gasteiger partial charge in [0.1, 0.15) is 5.82 Å². The summed E-state index contributed by atoms with van der Waals surface area (Å²) in [5.74, 6) is 5.38. The predicted molar refractivity (Wildman–Crippen MR) is 74.4 cm³/mol. The largest absolute Gasteiger partial charge is 0.271 e. The van der Waals surface area contributed by atoms with Crippen molar-refractivity contribution in [3.8, 4) is 0 Å². The van der Waals surface area contributed by atoms with Crippen LogP contribution in [0.15, 0.2) is 46.9 Å². The highest BCUT2D eigenvalue weighted by molar-refractivity contribution is 9.10. The van der Waals surface area contributed by atoms with Crippen LogP contribution in [0, 0.1) is 12.7 Å². The fourth-order valence-corrected chi connectivity index (χ4v) is 2.38. The van der Waals surface area contributed by atoms with Crippen molar-refractivity contribution in [2.45, 2.75) is 13.0 Å². The molecule has 0 amide bonds. The van der Waals surface area contributed by atoms with E-state index in [0.717, 1.165) is 15.6 Å². The first-order valence-corrected chi connectivity index (χ1v) is 6.39. The lowest BCUT2D eigenvalue weighted by Gasteiger charge is -2.18. The molecule has 2 nitrogen and oxygen atoms in total. The molecule has 4 heteroatoms. The maximum atomic E-state index is 13.6. The van der Waals surface area contributed by atoms with Crippen molar-refractivity contribution in [2.24, 2.45) is 5.84 Å². The van der Waals surface area contributed by atoms with Crippen molar-refractivity contribution in [2.75, 3.05) is 0 Å². The molecule has 18 heavy (non-hydrogen) atoms. The van der Waals surface area contributed by atoms with Gasteiger partial charge in [0.15, 0.2) is 0 Å². The van der Waals surface area contributed by atoms with Crippen molar-refractivity contribution in [3.63, 3.8) is 0 Å². The Morgan fingerprint density at radius 3 is 2.56 bits per heavy atom. The number of hydrogen-bond acceptors (Lipinski definition) is 2. The van der Waals surface area contributed by atoms with Gasteiger partial charge in [-0.05, 0) is 35.7 Å². The third-order valence-corrected chi connectivity index (χ3v) is 3.63. The Labute approximate surface area is 114 Å². The van der Waals surface area contributed by atoms with Crippen molar-refractivity contribution >= 4 is 15.9 Å². The second-order valence-electron chi connectivity index (χ2n) is 4.13. The van der Waals surface area contributed by atoms with Crippen LogP contribution in [-0.4, -0.2) is 0 Å². The molecule has 0 bridgehead atoms. The van der Waals surface area contributed by atoms with E-state index in [4.69, 9.17) is 5.84 Å². The van der Waals surface area contributed by atoms with Crippen molar-refractivity contribution < 1.29 is 4.39 Å². The third-order valence-electron chi connectivity index (χ3n) is 2.91. The second kappa shape index (κ2) is 5.61. The molecule has 0 saturated carbocycles. The van der Waals surface area contributed by atoms with E-state index in [1.54, 1.807) is 13.0 Å². The Balaban J connectivity index is 2.45. The van der Waals surface area contributed by atoms with Crippen molar-refractivity contribution in [1.82, 2.24) is 5.43 Å². The lowest BCUT2D eigenvalue weighted by Crippen LogP contribution is -2.29. The van der Waals surface area contributed by atoms with E-state index in [2.05, 4.69) is 21.4 Å². The van der Waals surface area contributed by atoms with Gasteiger partial charge in [0.25, 0.3) is 0 Å². The third kappa shape index (κ3) is 2.61. The topological polar surface area (TPSA) is 38.0 Å². The number of aryl methyl sites for hydroxylation is 1. The number of benzene rings is 2. The number of halogens is 2. The summed E-state index contributed by atoms with van der Waals surface area (Å²) in [7, 11) is 0. The Morgan fingerprint density at radius 2 is 1.94 bits per heavy atom. The first kappa shape index (κ1) is 13.2. The first-order chi connectivity index (χ1) is 8.63. The molecule has 2 rings (SSSR count). The van der Waals surface area contributed by atoms with Gasteiger partial charge in [-0.25, -0.2) is 9.82 Å². The molecular formula is C14H14BrFN2. The standard InChI is InChI=1S/C14H14BrFN2/c1-9-6-7-10(8-13(9)16)14(18-17)11-4-2-3-5-12(11)15/h2-8,14,18H,17H2,1H3. The maximum Gasteiger partial charge on any atom is 0.126 e. The molecule has 2 aromatic rings. The Hall–Kier alpha value is -1.23. The van der Waals surface area contributed by atoms with E-state index >= 15 is 0 Å². The van der Waals surface area contributed by atoms with Crippen molar-refractivity contribution in [1.29, 1.82) is 0 Å². The van der Waals surface area contributed by atoms with E-state index in [1.807, 2.05) is 30.3 Å². The van der Waals surface area contributed by atoms with Crippen LogP contribution < -0.4 is 11.3 Å². The van der Waals surface area contributed by atoms with E-state index < -0.39 is 0 Å². The zero-order valence-electron chi connectivity index (χ0n) is 9.95.